The fourth-order valence-corrected chi connectivity index (χ4v) is 12.0. The molecule has 72 heavy (non-hydrogen) atoms. The first-order valence-corrected chi connectivity index (χ1v) is 25.9. The molecule has 0 aromatic heterocycles. The number of rotatable bonds is 14. The summed E-state index contributed by atoms with van der Waals surface area (Å²) in [7, 11) is 0. The van der Waals surface area contributed by atoms with Gasteiger partial charge in [-0.3, -0.25) is 0 Å². The summed E-state index contributed by atoms with van der Waals surface area (Å²) in [4.78, 5) is 26.0. The van der Waals surface area contributed by atoms with Crippen LogP contribution in [0.1, 0.15) is 96.9 Å². The van der Waals surface area contributed by atoms with Gasteiger partial charge in [0.1, 0.15) is 6.61 Å². The maximum absolute atomic E-state index is 13.6. The van der Waals surface area contributed by atoms with Gasteiger partial charge in [-0.15, -0.1) is 0 Å². The molecule has 0 fully saturated rings. The quantitative estimate of drug-likeness (QED) is 0.0619. The van der Waals surface area contributed by atoms with Crippen molar-refractivity contribution in [3.63, 3.8) is 0 Å². The van der Waals surface area contributed by atoms with E-state index >= 15 is 0 Å². The minimum Gasteiger partial charge on any atom is -0.462 e. The second kappa shape index (κ2) is 17.8. The van der Waals surface area contributed by atoms with Crippen LogP contribution in [0.25, 0.3) is 98.0 Å². The Kier molecular flexibility index (Phi) is 11.6. The number of hydrogen-bond donors (Lipinski definition) is 0. The first-order chi connectivity index (χ1) is 34.5. The SMILES string of the molecule is C=C(C)C(=O)OCCC(C)CCC1(COC(=O)C(=C)C)c2cc(-c3ccc4ccc5cc(CC(C)C)cc6ccc3c4c56)ccc2-c2ccc(-c3ccc4ccc5cc(C(C)(C)C)cc6ccc3c4c56)cc21. The lowest BCUT2D eigenvalue weighted by molar-refractivity contribution is -0.140. The van der Waals surface area contributed by atoms with E-state index in [1.54, 1.807) is 13.8 Å². The van der Waals surface area contributed by atoms with Gasteiger partial charge in [0, 0.05) is 11.1 Å². The molecule has 11 rings (SSSR count). The lowest BCUT2D eigenvalue weighted by Gasteiger charge is -2.33. The summed E-state index contributed by atoms with van der Waals surface area (Å²) in [6.45, 7) is 25.2. The van der Waals surface area contributed by atoms with Crippen molar-refractivity contribution < 1.29 is 19.1 Å². The van der Waals surface area contributed by atoms with E-state index in [0.717, 1.165) is 46.2 Å². The van der Waals surface area contributed by atoms with E-state index in [2.05, 4.69) is 188 Å². The van der Waals surface area contributed by atoms with Crippen molar-refractivity contribution in [2.75, 3.05) is 13.2 Å². The molecule has 2 unspecified atom stereocenters. The van der Waals surface area contributed by atoms with Crippen molar-refractivity contribution in [3.05, 3.63) is 180 Å². The second-order valence-electron chi connectivity index (χ2n) is 22.7. The summed E-state index contributed by atoms with van der Waals surface area (Å²) in [5.74, 6) is 0.00293. The van der Waals surface area contributed by atoms with Crippen LogP contribution in [0.4, 0.5) is 0 Å². The highest BCUT2D eigenvalue weighted by molar-refractivity contribution is 6.27. The molecule has 0 amide bonds. The van der Waals surface area contributed by atoms with Crippen molar-refractivity contribution in [3.8, 4) is 33.4 Å². The summed E-state index contributed by atoms with van der Waals surface area (Å²) >= 11 is 0. The average Bonchev–Trinajstić information content (AvgIpc) is 3.62. The Hall–Kier alpha value is -7.30. The predicted molar refractivity (Wildman–Crippen MR) is 303 cm³/mol. The number of esters is 2. The topological polar surface area (TPSA) is 52.6 Å². The summed E-state index contributed by atoms with van der Waals surface area (Å²) < 4.78 is 12.0. The number of fused-ring (bicyclic) bond motifs is 3. The minimum atomic E-state index is -0.714. The third-order valence-electron chi connectivity index (χ3n) is 15.8. The van der Waals surface area contributed by atoms with Gasteiger partial charge in [-0.1, -0.05) is 176 Å². The van der Waals surface area contributed by atoms with Crippen molar-refractivity contribution in [2.45, 2.75) is 91.9 Å². The molecule has 0 saturated carbocycles. The number of hydrogen-bond acceptors (Lipinski definition) is 4. The molecule has 0 saturated heterocycles. The van der Waals surface area contributed by atoms with Gasteiger partial charge in [0.15, 0.2) is 0 Å². The van der Waals surface area contributed by atoms with Gasteiger partial charge in [-0.25, -0.2) is 9.59 Å². The Morgan fingerprint density at radius 3 is 1.46 bits per heavy atom. The van der Waals surface area contributed by atoms with Gasteiger partial charge >= 0.3 is 11.9 Å². The van der Waals surface area contributed by atoms with Crippen molar-refractivity contribution in [2.24, 2.45) is 11.8 Å². The standard InChI is InChI=1S/C68H64O4/c1-39(2)31-43-32-48-13-11-44-15-21-53(57-25-19-49(33-43)61(48)63(44)57)46-17-23-55-56-24-18-47(54-22-16-45-12-14-50-34-52(67(8,9)10)35-51-20-26-58(54)64(45)62(50)51)37-60(56)68(59(55)36-46,38-72-66(70)41(5)6)29-27-42(7)28-30-71-65(69)40(3)4/h11-26,32-37,39,42H,3,5,27-31,38H2,1-2,4,6-10H3. The smallest absolute Gasteiger partial charge is 0.333 e. The summed E-state index contributed by atoms with van der Waals surface area (Å²) in [5, 5.41) is 15.2. The van der Waals surface area contributed by atoms with E-state index in [9.17, 15) is 9.59 Å². The van der Waals surface area contributed by atoms with Crippen LogP contribution in [-0.4, -0.2) is 25.2 Å². The Balaban J connectivity index is 1.08. The van der Waals surface area contributed by atoms with Crippen LogP contribution in [0.15, 0.2) is 158 Å². The molecule has 10 aromatic carbocycles. The highest BCUT2D eigenvalue weighted by Gasteiger charge is 2.45. The summed E-state index contributed by atoms with van der Waals surface area (Å²) in [6, 6.07) is 50.9. The number of carbonyl (C=O) groups is 2. The van der Waals surface area contributed by atoms with E-state index < -0.39 is 11.4 Å². The minimum absolute atomic E-state index is 0.0262. The van der Waals surface area contributed by atoms with Crippen LogP contribution in [-0.2, 0) is 36.3 Å². The molecule has 0 aliphatic heterocycles. The van der Waals surface area contributed by atoms with Gasteiger partial charge in [0.25, 0.3) is 0 Å². The highest BCUT2D eigenvalue weighted by Crippen LogP contribution is 2.55. The predicted octanol–water partition coefficient (Wildman–Crippen LogP) is 17.6. The van der Waals surface area contributed by atoms with E-state index in [-0.39, 0.29) is 23.9 Å². The maximum atomic E-state index is 13.6. The number of carbonyl (C=O) groups excluding carboxylic acids is 2. The van der Waals surface area contributed by atoms with Crippen LogP contribution in [0.3, 0.4) is 0 Å². The Morgan fingerprint density at radius 1 is 0.528 bits per heavy atom. The number of benzene rings is 10. The zero-order chi connectivity index (χ0) is 50.4. The van der Waals surface area contributed by atoms with Crippen LogP contribution >= 0.6 is 0 Å². The summed E-state index contributed by atoms with van der Waals surface area (Å²) in [6.07, 6.45) is 3.24. The van der Waals surface area contributed by atoms with Crippen molar-refractivity contribution in [1.29, 1.82) is 0 Å². The van der Waals surface area contributed by atoms with Crippen molar-refractivity contribution >= 4 is 76.6 Å². The molecular weight excluding hydrogens is 881 g/mol. The first kappa shape index (κ1) is 47.0. The summed E-state index contributed by atoms with van der Waals surface area (Å²) in [5.41, 5.74) is 12.0. The van der Waals surface area contributed by atoms with Crippen molar-refractivity contribution in [1.82, 2.24) is 0 Å². The van der Waals surface area contributed by atoms with Gasteiger partial charge in [0.2, 0.25) is 0 Å². The average molecular weight is 945 g/mol. The van der Waals surface area contributed by atoms with Gasteiger partial charge in [-0.05, 0) is 189 Å². The fourth-order valence-electron chi connectivity index (χ4n) is 12.0. The van der Waals surface area contributed by atoms with Gasteiger partial charge in [-0.2, -0.15) is 0 Å². The molecule has 0 radical (unpaired) electrons. The third-order valence-corrected chi connectivity index (χ3v) is 15.8. The fraction of sp³-hybridized carbons (Fsp3) is 0.265. The highest BCUT2D eigenvalue weighted by atomic mass is 16.5. The van der Waals surface area contributed by atoms with E-state index in [1.165, 1.54) is 86.9 Å². The molecule has 0 bridgehead atoms. The van der Waals surface area contributed by atoms with Crippen LogP contribution in [0.2, 0.25) is 0 Å². The molecule has 0 spiro atoms. The number of ether oxygens (including phenoxy) is 2. The monoisotopic (exact) mass is 944 g/mol. The molecule has 0 heterocycles. The lowest BCUT2D eigenvalue weighted by Crippen LogP contribution is -2.33. The Labute approximate surface area is 424 Å². The molecule has 2 atom stereocenters. The van der Waals surface area contributed by atoms with Crippen LogP contribution in [0.5, 0.6) is 0 Å². The Bertz CT molecular complexity index is 3800. The third kappa shape index (κ3) is 8.00. The van der Waals surface area contributed by atoms with Crippen LogP contribution < -0.4 is 0 Å². The van der Waals surface area contributed by atoms with E-state index in [1.807, 2.05) is 0 Å². The van der Waals surface area contributed by atoms with Gasteiger partial charge in [0.05, 0.1) is 12.0 Å². The molecule has 4 heteroatoms. The molecule has 10 aromatic rings. The van der Waals surface area contributed by atoms with Crippen LogP contribution in [0, 0.1) is 11.8 Å². The molecule has 1 aliphatic rings. The molecule has 1 aliphatic carbocycles. The van der Waals surface area contributed by atoms with E-state index in [0.29, 0.717) is 36.5 Å². The zero-order valence-corrected chi connectivity index (χ0v) is 43.1. The molecular formula is C68H64O4. The first-order valence-electron chi connectivity index (χ1n) is 25.9. The van der Waals surface area contributed by atoms with E-state index in [4.69, 9.17) is 9.47 Å². The molecule has 4 nitrogen and oxygen atoms in total. The largest absolute Gasteiger partial charge is 0.462 e. The Morgan fingerprint density at radius 2 is 0.972 bits per heavy atom. The zero-order valence-electron chi connectivity index (χ0n) is 43.1. The molecule has 0 N–H and O–H groups in total. The maximum Gasteiger partial charge on any atom is 0.333 e. The molecule has 360 valence electrons. The lowest BCUT2D eigenvalue weighted by atomic mass is 9.72. The normalized spacial score (nSPS) is 15.1. The van der Waals surface area contributed by atoms with Gasteiger partial charge < -0.3 is 9.47 Å². The second-order valence-corrected chi connectivity index (χ2v) is 22.7.